The molecular formula is C22H21N3O3. The first-order valence-corrected chi connectivity index (χ1v) is 9.21. The van der Waals surface area contributed by atoms with Gasteiger partial charge in [-0.15, -0.1) is 0 Å². The zero-order valence-electron chi connectivity index (χ0n) is 16.1. The Morgan fingerprint density at radius 3 is 2.86 bits per heavy atom. The third-order valence-corrected chi connectivity index (χ3v) is 4.65. The molecule has 0 aliphatic rings. The van der Waals surface area contributed by atoms with Gasteiger partial charge >= 0.3 is 5.97 Å². The van der Waals surface area contributed by atoms with Crippen LogP contribution in [0, 0.1) is 13.8 Å². The van der Waals surface area contributed by atoms with Gasteiger partial charge in [0.2, 0.25) is 0 Å². The number of hydrogen-bond donors (Lipinski definition) is 1. The molecule has 3 heterocycles. The number of nitrogens with zero attached hydrogens (tertiary/aromatic N) is 2. The maximum Gasteiger partial charge on any atom is 0.341 e. The van der Waals surface area contributed by atoms with Crippen molar-refractivity contribution in [2.24, 2.45) is 0 Å². The van der Waals surface area contributed by atoms with Gasteiger partial charge in [-0.2, -0.15) is 0 Å². The van der Waals surface area contributed by atoms with Crippen molar-refractivity contribution in [1.82, 2.24) is 9.97 Å². The minimum atomic E-state index is -0.414. The number of aromatic nitrogens is 2. The van der Waals surface area contributed by atoms with Gasteiger partial charge in [0.05, 0.1) is 36.1 Å². The first-order valence-electron chi connectivity index (χ1n) is 9.21. The number of rotatable bonds is 5. The summed E-state index contributed by atoms with van der Waals surface area (Å²) in [5.74, 6) is 0.351. The van der Waals surface area contributed by atoms with Gasteiger partial charge in [0, 0.05) is 22.7 Å². The predicted octanol–water partition coefficient (Wildman–Crippen LogP) is 4.78. The van der Waals surface area contributed by atoms with E-state index in [1.54, 1.807) is 19.4 Å². The molecule has 0 bridgehead atoms. The summed E-state index contributed by atoms with van der Waals surface area (Å²) in [6, 6.07) is 9.80. The van der Waals surface area contributed by atoms with Gasteiger partial charge in [-0.05, 0) is 45.0 Å². The van der Waals surface area contributed by atoms with Crippen molar-refractivity contribution in [3.63, 3.8) is 0 Å². The van der Waals surface area contributed by atoms with E-state index in [0.717, 1.165) is 38.8 Å². The highest BCUT2D eigenvalue weighted by atomic mass is 16.5. The van der Waals surface area contributed by atoms with Crippen LogP contribution in [0.25, 0.3) is 21.8 Å². The predicted molar refractivity (Wildman–Crippen MR) is 109 cm³/mol. The van der Waals surface area contributed by atoms with E-state index >= 15 is 0 Å². The summed E-state index contributed by atoms with van der Waals surface area (Å²) in [5, 5.41) is 5.11. The Bertz CT molecular complexity index is 1170. The Morgan fingerprint density at radius 2 is 2.11 bits per heavy atom. The van der Waals surface area contributed by atoms with Crippen LogP contribution in [0.1, 0.15) is 34.3 Å². The molecule has 142 valence electrons. The maximum absolute atomic E-state index is 12.6. The smallest absolute Gasteiger partial charge is 0.341 e. The summed E-state index contributed by atoms with van der Waals surface area (Å²) in [4.78, 5) is 21.9. The zero-order chi connectivity index (χ0) is 19.7. The van der Waals surface area contributed by atoms with E-state index in [1.807, 2.05) is 38.1 Å². The van der Waals surface area contributed by atoms with Crippen molar-refractivity contribution < 1.29 is 13.9 Å². The number of anilines is 1. The third-order valence-electron chi connectivity index (χ3n) is 4.65. The largest absolute Gasteiger partial charge is 0.467 e. The number of benzene rings is 1. The summed E-state index contributed by atoms with van der Waals surface area (Å²) < 4.78 is 10.7. The van der Waals surface area contributed by atoms with E-state index in [1.165, 1.54) is 0 Å². The highest BCUT2D eigenvalue weighted by Crippen LogP contribution is 2.33. The SMILES string of the molecule is CCOC(=O)c1cnc2c(c(C)nc3ccc(C)cc32)c1NCc1ccco1. The Labute approximate surface area is 162 Å². The number of aryl methyl sites for hydroxylation is 2. The minimum Gasteiger partial charge on any atom is -0.467 e. The number of ether oxygens (including phenoxy) is 1. The van der Waals surface area contributed by atoms with Crippen LogP contribution in [0.4, 0.5) is 5.69 Å². The molecule has 1 aromatic carbocycles. The molecule has 0 aliphatic carbocycles. The fourth-order valence-electron chi connectivity index (χ4n) is 3.38. The number of carbonyl (C=O) groups is 1. The van der Waals surface area contributed by atoms with Crippen LogP contribution in [0.3, 0.4) is 0 Å². The summed E-state index contributed by atoms with van der Waals surface area (Å²) >= 11 is 0. The molecule has 0 fully saturated rings. The molecule has 6 heteroatoms. The molecule has 0 spiro atoms. The number of carbonyl (C=O) groups excluding carboxylic acids is 1. The lowest BCUT2D eigenvalue weighted by Crippen LogP contribution is -2.12. The van der Waals surface area contributed by atoms with Crippen molar-refractivity contribution in [3.8, 4) is 0 Å². The molecule has 3 aromatic heterocycles. The second kappa shape index (κ2) is 7.31. The average molecular weight is 375 g/mol. The molecule has 0 unspecified atom stereocenters. The molecule has 6 nitrogen and oxygen atoms in total. The fourth-order valence-corrected chi connectivity index (χ4v) is 3.38. The number of furan rings is 1. The molecule has 4 rings (SSSR count). The third kappa shape index (κ3) is 3.17. The van der Waals surface area contributed by atoms with Crippen molar-refractivity contribution in [2.75, 3.05) is 11.9 Å². The van der Waals surface area contributed by atoms with E-state index < -0.39 is 5.97 Å². The number of hydrogen-bond acceptors (Lipinski definition) is 6. The molecule has 28 heavy (non-hydrogen) atoms. The van der Waals surface area contributed by atoms with Crippen molar-refractivity contribution in [3.05, 3.63) is 65.4 Å². The summed E-state index contributed by atoms with van der Waals surface area (Å²) in [5.41, 5.74) is 4.66. The average Bonchev–Trinajstić information content (AvgIpc) is 3.20. The van der Waals surface area contributed by atoms with Crippen LogP contribution in [-0.4, -0.2) is 22.5 Å². The monoisotopic (exact) mass is 375 g/mol. The number of pyridine rings is 2. The Hall–Kier alpha value is -3.41. The van der Waals surface area contributed by atoms with Crippen molar-refractivity contribution in [2.45, 2.75) is 27.3 Å². The molecule has 1 N–H and O–H groups in total. The highest BCUT2D eigenvalue weighted by molar-refractivity contribution is 6.13. The zero-order valence-corrected chi connectivity index (χ0v) is 16.1. The lowest BCUT2D eigenvalue weighted by Gasteiger charge is -2.16. The number of esters is 1. The van der Waals surface area contributed by atoms with Gasteiger partial charge in [0.1, 0.15) is 11.3 Å². The topological polar surface area (TPSA) is 77.2 Å². The summed E-state index contributed by atoms with van der Waals surface area (Å²) in [6.45, 7) is 6.47. The fraction of sp³-hybridized carbons (Fsp3) is 0.227. The molecule has 4 aromatic rings. The van der Waals surface area contributed by atoms with Gasteiger partial charge < -0.3 is 14.5 Å². The van der Waals surface area contributed by atoms with Crippen LogP contribution < -0.4 is 5.32 Å². The molecular weight excluding hydrogens is 354 g/mol. The van der Waals surface area contributed by atoms with E-state index in [-0.39, 0.29) is 0 Å². The Morgan fingerprint density at radius 1 is 1.25 bits per heavy atom. The Balaban J connectivity index is 1.96. The molecule has 0 saturated carbocycles. The lowest BCUT2D eigenvalue weighted by atomic mass is 10.0. The number of fused-ring (bicyclic) bond motifs is 3. The standard InChI is InChI=1S/C22H21N3O3/c1-4-27-22(26)17-12-24-20-16-10-13(2)7-8-18(16)25-14(3)19(20)21(17)23-11-15-6-5-9-28-15/h5-10,12H,4,11H2,1-3H3,(H,23,24). The van der Waals surface area contributed by atoms with Crippen molar-refractivity contribution in [1.29, 1.82) is 0 Å². The number of nitrogens with one attached hydrogen (secondary N) is 1. The molecule has 0 aliphatic heterocycles. The van der Waals surface area contributed by atoms with Crippen LogP contribution >= 0.6 is 0 Å². The van der Waals surface area contributed by atoms with E-state index in [9.17, 15) is 4.79 Å². The normalized spacial score (nSPS) is 11.1. The van der Waals surface area contributed by atoms with Gasteiger partial charge in [-0.25, -0.2) is 4.79 Å². The second-order valence-corrected chi connectivity index (χ2v) is 6.64. The van der Waals surface area contributed by atoms with Crippen LogP contribution in [-0.2, 0) is 11.3 Å². The minimum absolute atomic E-state index is 0.294. The Kier molecular flexibility index (Phi) is 4.69. The van der Waals surface area contributed by atoms with E-state index in [2.05, 4.69) is 16.4 Å². The lowest BCUT2D eigenvalue weighted by molar-refractivity contribution is 0.0527. The first kappa shape index (κ1) is 18.0. The van der Waals surface area contributed by atoms with E-state index in [0.29, 0.717) is 24.4 Å². The highest BCUT2D eigenvalue weighted by Gasteiger charge is 2.20. The first-order chi connectivity index (χ1) is 13.6. The van der Waals surface area contributed by atoms with Gasteiger partial charge in [-0.1, -0.05) is 11.6 Å². The molecule has 0 atom stereocenters. The molecule has 0 amide bonds. The van der Waals surface area contributed by atoms with E-state index in [4.69, 9.17) is 14.1 Å². The van der Waals surface area contributed by atoms with Gasteiger partial charge in [0.25, 0.3) is 0 Å². The quantitative estimate of drug-likeness (QED) is 0.399. The second-order valence-electron chi connectivity index (χ2n) is 6.64. The van der Waals surface area contributed by atoms with Gasteiger partial charge in [0.15, 0.2) is 0 Å². The maximum atomic E-state index is 12.6. The van der Waals surface area contributed by atoms with Crippen LogP contribution in [0.5, 0.6) is 0 Å². The van der Waals surface area contributed by atoms with Gasteiger partial charge in [-0.3, -0.25) is 9.97 Å². The summed E-state index contributed by atoms with van der Waals surface area (Å²) in [6.07, 6.45) is 3.20. The van der Waals surface area contributed by atoms with Crippen LogP contribution in [0.2, 0.25) is 0 Å². The molecule has 0 radical (unpaired) electrons. The van der Waals surface area contributed by atoms with Crippen molar-refractivity contribution >= 4 is 33.5 Å². The molecule has 0 saturated heterocycles. The van der Waals surface area contributed by atoms with Crippen LogP contribution in [0.15, 0.2) is 47.2 Å². The summed E-state index contributed by atoms with van der Waals surface area (Å²) in [7, 11) is 0.